The number of nitrogens with two attached hydrogens (primary N) is 2. The molecule has 0 saturated carbocycles. The lowest BCUT2D eigenvalue weighted by molar-refractivity contribution is -0.148. The Morgan fingerprint density at radius 3 is 2.23 bits per heavy atom. The largest absolute Gasteiger partial charge is 0.506 e. The summed E-state index contributed by atoms with van der Waals surface area (Å²) in [5.41, 5.74) is 10.7. The summed E-state index contributed by atoms with van der Waals surface area (Å²) >= 11 is 0. The van der Waals surface area contributed by atoms with Gasteiger partial charge in [0.05, 0.1) is 17.9 Å². The molecule has 2 aromatic rings. The van der Waals surface area contributed by atoms with Crippen LogP contribution in [0.2, 0.25) is 0 Å². The summed E-state index contributed by atoms with van der Waals surface area (Å²) in [5, 5.41) is 8.84. The van der Waals surface area contributed by atoms with Crippen LogP contribution in [-0.2, 0) is 20.4 Å². The highest BCUT2D eigenvalue weighted by atomic mass is 19.4. The minimum absolute atomic E-state index is 0.0667. The topological polar surface area (TPSA) is 117 Å². The van der Waals surface area contributed by atoms with Gasteiger partial charge in [-0.05, 0) is 49.4 Å². The van der Waals surface area contributed by atoms with Gasteiger partial charge >= 0.3 is 12.1 Å². The number of phenols is 1. The summed E-state index contributed by atoms with van der Waals surface area (Å²) in [4.78, 5) is 11.4. The lowest BCUT2D eigenvalue weighted by Crippen LogP contribution is -2.29. The third kappa shape index (κ3) is 9.30. The van der Waals surface area contributed by atoms with Crippen LogP contribution in [0, 0.1) is 0 Å². The first-order valence-electron chi connectivity index (χ1n) is 8.93. The van der Waals surface area contributed by atoms with Gasteiger partial charge in [-0.1, -0.05) is 6.58 Å². The van der Waals surface area contributed by atoms with Crippen molar-refractivity contribution >= 4 is 17.3 Å². The van der Waals surface area contributed by atoms with Gasteiger partial charge < -0.3 is 30.8 Å². The molecule has 2 aromatic carbocycles. The van der Waals surface area contributed by atoms with Gasteiger partial charge in [-0.15, -0.1) is 0 Å². The second kappa shape index (κ2) is 11.7. The molecule has 0 heterocycles. The molecule has 0 bridgehead atoms. The molecule has 31 heavy (non-hydrogen) atoms. The van der Waals surface area contributed by atoms with Crippen molar-refractivity contribution in [3.05, 3.63) is 60.2 Å². The molecule has 0 aromatic heterocycles. The first kappa shape index (κ1) is 25.6. The Morgan fingerprint density at radius 2 is 1.74 bits per heavy atom. The lowest BCUT2D eigenvalue weighted by Gasteiger charge is -2.17. The van der Waals surface area contributed by atoms with E-state index in [4.69, 9.17) is 30.8 Å². The highest BCUT2D eigenvalue weighted by Crippen LogP contribution is 2.33. The van der Waals surface area contributed by atoms with E-state index >= 15 is 0 Å². The van der Waals surface area contributed by atoms with E-state index < -0.39 is 29.6 Å². The van der Waals surface area contributed by atoms with Crippen LogP contribution in [-0.4, -0.2) is 37.5 Å². The Balaban J connectivity index is 0.000000343. The average Bonchev–Trinajstić information content (AvgIpc) is 2.69. The number of rotatable bonds is 7. The van der Waals surface area contributed by atoms with Gasteiger partial charge in [0.1, 0.15) is 18.1 Å². The molecule has 1 unspecified atom stereocenters. The fourth-order valence-corrected chi connectivity index (χ4v) is 2.03. The van der Waals surface area contributed by atoms with E-state index in [2.05, 4.69) is 6.58 Å². The van der Waals surface area contributed by atoms with E-state index in [9.17, 15) is 18.0 Å². The highest BCUT2D eigenvalue weighted by molar-refractivity contribution is 5.87. The maximum Gasteiger partial charge on any atom is 0.416 e. The number of esters is 1. The number of halogens is 3. The maximum atomic E-state index is 11.9. The fraction of sp³-hybridized carbons (Fsp3) is 0.286. The van der Waals surface area contributed by atoms with Crippen molar-refractivity contribution in [1.29, 1.82) is 0 Å². The van der Waals surface area contributed by atoms with Gasteiger partial charge in [-0.2, -0.15) is 13.2 Å². The van der Waals surface area contributed by atoms with Crippen LogP contribution in [0.3, 0.4) is 0 Å². The number of carbonyl (C=O) groups excluding carboxylic acids is 1. The quantitative estimate of drug-likeness (QED) is 0.259. The second-order valence-electron chi connectivity index (χ2n) is 6.41. The molecule has 0 saturated heterocycles. The van der Waals surface area contributed by atoms with Crippen molar-refractivity contribution in [3.63, 3.8) is 0 Å². The molecule has 0 spiro atoms. The van der Waals surface area contributed by atoms with Gasteiger partial charge in [0.25, 0.3) is 0 Å². The second-order valence-corrected chi connectivity index (χ2v) is 6.41. The number of anilines is 2. The Morgan fingerprint density at radius 1 is 1.13 bits per heavy atom. The number of hydrogen-bond acceptors (Lipinski definition) is 7. The summed E-state index contributed by atoms with van der Waals surface area (Å²) in [6.07, 6.45) is -4.92. The number of aromatic hydroxyl groups is 1. The average molecular weight is 442 g/mol. The van der Waals surface area contributed by atoms with Gasteiger partial charge in [-0.25, -0.2) is 4.79 Å². The van der Waals surface area contributed by atoms with Crippen molar-refractivity contribution in [3.8, 4) is 11.5 Å². The number of nitrogen functional groups attached to an aromatic ring is 2. The summed E-state index contributed by atoms with van der Waals surface area (Å²) < 4.78 is 51.5. The number of ether oxygens (including phenoxy) is 3. The van der Waals surface area contributed by atoms with Crippen molar-refractivity contribution < 1.29 is 37.3 Å². The molecule has 10 heteroatoms. The zero-order chi connectivity index (χ0) is 23.6. The maximum absolute atomic E-state index is 11.9. The zero-order valence-electron chi connectivity index (χ0n) is 17.1. The number of alkyl halides is 3. The molecule has 170 valence electrons. The summed E-state index contributed by atoms with van der Waals surface area (Å²) in [6.45, 7) is 5.58. The smallest absolute Gasteiger partial charge is 0.416 e. The van der Waals surface area contributed by atoms with Crippen molar-refractivity contribution in [2.75, 3.05) is 31.8 Å². The van der Waals surface area contributed by atoms with E-state index in [0.717, 1.165) is 12.1 Å². The third-order valence-corrected chi connectivity index (χ3v) is 3.65. The molecule has 1 atom stereocenters. The number of hydrogen-bond donors (Lipinski definition) is 3. The molecule has 0 aliphatic carbocycles. The Bertz CT molecular complexity index is 870. The molecule has 5 N–H and O–H groups in total. The van der Waals surface area contributed by atoms with Gasteiger partial charge in [0.2, 0.25) is 0 Å². The van der Waals surface area contributed by atoms with Crippen LogP contribution in [0.25, 0.3) is 0 Å². The van der Waals surface area contributed by atoms with Gasteiger partial charge in [0.15, 0.2) is 6.10 Å². The molecular weight excluding hydrogens is 417 g/mol. The minimum Gasteiger partial charge on any atom is -0.506 e. The van der Waals surface area contributed by atoms with Crippen LogP contribution < -0.4 is 16.2 Å². The van der Waals surface area contributed by atoms with E-state index in [1.165, 1.54) is 7.11 Å². The molecular formula is C21H25F3N2O5. The van der Waals surface area contributed by atoms with Crippen LogP contribution >= 0.6 is 0 Å². The summed E-state index contributed by atoms with van der Waals surface area (Å²) in [6, 6.07) is 9.39. The Hall–Kier alpha value is -3.40. The normalized spacial score (nSPS) is 11.6. The van der Waals surface area contributed by atoms with E-state index in [1.807, 2.05) is 0 Å². The molecule has 0 aliphatic rings. The van der Waals surface area contributed by atoms with E-state index in [0.29, 0.717) is 23.1 Å². The predicted octanol–water partition coefficient (Wildman–Crippen LogP) is 3.78. The van der Waals surface area contributed by atoms with Crippen molar-refractivity contribution in [2.45, 2.75) is 19.2 Å². The summed E-state index contributed by atoms with van der Waals surface area (Å²) in [7, 11) is 1.53. The van der Waals surface area contributed by atoms with E-state index in [-0.39, 0.29) is 18.9 Å². The van der Waals surface area contributed by atoms with E-state index in [1.54, 1.807) is 31.2 Å². The number of benzene rings is 2. The van der Waals surface area contributed by atoms with Gasteiger partial charge in [0, 0.05) is 18.4 Å². The molecule has 0 fully saturated rings. The molecule has 0 aliphatic heterocycles. The number of phenolic OH excluding ortho intramolecular Hbond substituents is 1. The molecule has 0 amide bonds. The lowest BCUT2D eigenvalue weighted by atomic mass is 10.2. The standard InChI is InChI=1S/C14H19NO4.C7H6F3NO/c1-10(2)14(16)19-13(8-17-3)9-18-12-6-4-11(15)5-7-12;8-7(9,10)4-1-2-5(11)6(12)3-4/h4-7,13H,1,8-9,15H2,2-3H3;1-3,12H,11H2. The predicted molar refractivity (Wildman–Crippen MR) is 110 cm³/mol. The first-order valence-corrected chi connectivity index (χ1v) is 8.93. The fourth-order valence-electron chi connectivity index (χ4n) is 2.03. The monoisotopic (exact) mass is 442 g/mol. The zero-order valence-corrected chi connectivity index (χ0v) is 17.1. The van der Waals surface area contributed by atoms with Crippen LogP contribution in [0.4, 0.5) is 24.5 Å². The van der Waals surface area contributed by atoms with Crippen molar-refractivity contribution in [1.82, 2.24) is 0 Å². The SMILES string of the molecule is C=C(C)C(=O)OC(COC)COc1ccc(N)cc1.Nc1ccc(C(F)(F)F)cc1O. The summed E-state index contributed by atoms with van der Waals surface area (Å²) in [5.74, 6) is -0.352. The van der Waals surface area contributed by atoms with Crippen LogP contribution in [0.15, 0.2) is 54.6 Å². The van der Waals surface area contributed by atoms with Crippen LogP contribution in [0.5, 0.6) is 11.5 Å². The third-order valence-electron chi connectivity index (χ3n) is 3.65. The molecule has 2 rings (SSSR count). The molecule has 0 radical (unpaired) electrons. The Kier molecular flexibility index (Phi) is 9.68. The minimum atomic E-state index is -4.44. The highest BCUT2D eigenvalue weighted by Gasteiger charge is 2.30. The molecule has 7 nitrogen and oxygen atoms in total. The Labute approximate surface area is 178 Å². The van der Waals surface area contributed by atoms with Crippen LogP contribution in [0.1, 0.15) is 12.5 Å². The first-order chi connectivity index (χ1) is 14.4. The number of carbonyl (C=O) groups is 1. The number of methoxy groups -OCH3 is 1. The van der Waals surface area contributed by atoms with Crippen molar-refractivity contribution in [2.24, 2.45) is 0 Å². The van der Waals surface area contributed by atoms with Gasteiger partial charge in [-0.3, -0.25) is 0 Å².